The molecule has 1 aromatic rings. The molecule has 0 spiro atoms. The number of carbonyl (C=O) groups is 1. The monoisotopic (exact) mass is 220 g/mol. The summed E-state index contributed by atoms with van der Waals surface area (Å²) in [5, 5.41) is 9.02. The Balaban J connectivity index is 3.26. The van der Waals surface area contributed by atoms with E-state index in [9.17, 15) is 18.0 Å². The number of phenols is 1. The Kier molecular flexibility index (Phi) is 3.18. The van der Waals surface area contributed by atoms with Crippen molar-refractivity contribution in [1.29, 1.82) is 0 Å². The standard InChI is InChI=1S/C9H7F3O3/c1-2-15-9(14)4-3-5(10)6(11)7(12)8(4)13/h3,13H,2H2,1H3. The van der Waals surface area contributed by atoms with Crippen molar-refractivity contribution in [3.05, 3.63) is 29.1 Å². The van der Waals surface area contributed by atoms with E-state index in [0.717, 1.165) is 0 Å². The van der Waals surface area contributed by atoms with Gasteiger partial charge in [-0.05, 0) is 13.0 Å². The smallest absolute Gasteiger partial charge is 0.342 e. The highest BCUT2D eigenvalue weighted by molar-refractivity contribution is 5.92. The zero-order chi connectivity index (χ0) is 11.6. The molecule has 0 saturated carbocycles. The lowest BCUT2D eigenvalue weighted by molar-refractivity contribution is 0.0521. The third-order valence-corrected chi connectivity index (χ3v) is 1.63. The van der Waals surface area contributed by atoms with Gasteiger partial charge in [-0.15, -0.1) is 0 Å². The van der Waals surface area contributed by atoms with Crippen LogP contribution in [0.3, 0.4) is 0 Å². The molecule has 1 N–H and O–H groups in total. The van der Waals surface area contributed by atoms with E-state index < -0.39 is 34.7 Å². The SMILES string of the molecule is CCOC(=O)c1cc(F)c(F)c(F)c1O. The summed E-state index contributed by atoms with van der Waals surface area (Å²) in [5.74, 6) is -7.58. The van der Waals surface area contributed by atoms with Gasteiger partial charge in [-0.3, -0.25) is 0 Å². The van der Waals surface area contributed by atoms with E-state index in [1.54, 1.807) is 0 Å². The fourth-order valence-electron chi connectivity index (χ4n) is 0.950. The molecular formula is C9H7F3O3. The number of hydrogen-bond donors (Lipinski definition) is 1. The Morgan fingerprint density at radius 3 is 2.53 bits per heavy atom. The normalized spacial score (nSPS) is 10.1. The van der Waals surface area contributed by atoms with Gasteiger partial charge < -0.3 is 9.84 Å². The highest BCUT2D eigenvalue weighted by atomic mass is 19.2. The summed E-state index contributed by atoms with van der Waals surface area (Å²) in [6.45, 7) is 1.45. The number of carbonyl (C=O) groups excluding carboxylic acids is 1. The predicted molar refractivity (Wildman–Crippen MR) is 43.9 cm³/mol. The van der Waals surface area contributed by atoms with Crippen molar-refractivity contribution in [2.45, 2.75) is 6.92 Å². The number of benzene rings is 1. The van der Waals surface area contributed by atoms with E-state index in [1.807, 2.05) is 0 Å². The predicted octanol–water partition coefficient (Wildman–Crippen LogP) is 1.99. The average Bonchev–Trinajstić information content (AvgIpc) is 2.20. The molecule has 0 saturated heterocycles. The first-order valence-corrected chi connectivity index (χ1v) is 4.02. The zero-order valence-corrected chi connectivity index (χ0v) is 7.68. The molecule has 0 amide bonds. The molecule has 0 fully saturated rings. The first-order chi connectivity index (χ1) is 6.99. The van der Waals surface area contributed by atoms with E-state index in [2.05, 4.69) is 4.74 Å². The lowest BCUT2D eigenvalue weighted by atomic mass is 10.2. The molecule has 6 heteroatoms. The van der Waals surface area contributed by atoms with Gasteiger partial charge in [-0.25, -0.2) is 13.6 Å². The van der Waals surface area contributed by atoms with Crippen molar-refractivity contribution in [2.24, 2.45) is 0 Å². The lowest BCUT2D eigenvalue weighted by Gasteiger charge is -2.05. The van der Waals surface area contributed by atoms with Crippen LogP contribution in [-0.2, 0) is 4.74 Å². The fourth-order valence-corrected chi connectivity index (χ4v) is 0.950. The number of phenolic OH excluding ortho intramolecular Hbond substituents is 1. The van der Waals surface area contributed by atoms with Gasteiger partial charge in [0.1, 0.15) is 5.56 Å². The van der Waals surface area contributed by atoms with Crippen LogP contribution in [0.5, 0.6) is 5.75 Å². The zero-order valence-electron chi connectivity index (χ0n) is 7.68. The minimum atomic E-state index is -1.83. The second-order valence-electron chi connectivity index (χ2n) is 2.60. The maximum atomic E-state index is 12.8. The summed E-state index contributed by atoms with van der Waals surface area (Å²) in [7, 11) is 0. The number of esters is 1. The van der Waals surface area contributed by atoms with Gasteiger partial charge in [0.05, 0.1) is 6.61 Å². The summed E-state index contributed by atoms with van der Waals surface area (Å²) in [6, 6.07) is 0.381. The summed E-state index contributed by atoms with van der Waals surface area (Å²) in [5.41, 5.74) is -0.742. The van der Waals surface area contributed by atoms with Crippen LogP contribution >= 0.6 is 0 Å². The lowest BCUT2D eigenvalue weighted by Crippen LogP contribution is -2.07. The van der Waals surface area contributed by atoms with Crippen LogP contribution in [0.25, 0.3) is 0 Å². The molecule has 1 rings (SSSR count). The Morgan fingerprint density at radius 2 is 2.00 bits per heavy atom. The molecule has 0 aliphatic carbocycles. The Morgan fingerprint density at radius 1 is 1.40 bits per heavy atom. The number of halogens is 3. The molecule has 0 aliphatic heterocycles. The van der Waals surface area contributed by atoms with E-state index >= 15 is 0 Å². The van der Waals surface area contributed by atoms with Crippen molar-refractivity contribution >= 4 is 5.97 Å². The van der Waals surface area contributed by atoms with Crippen LogP contribution in [-0.4, -0.2) is 17.7 Å². The van der Waals surface area contributed by atoms with E-state index in [4.69, 9.17) is 5.11 Å². The van der Waals surface area contributed by atoms with Crippen molar-refractivity contribution in [3.63, 3.8) is 0 Å². The highest BCUT2D eigenvalue weighted by Gasteiger charge is 2.22. The minimum Gasteiger partial charge on any atom is -0.504 e. The molecule has 15 heavy (non-hydrogen) atoms. The Bertz CT molecular complexity index is 404. The maximum absolute atomic E-state index is 12.8. The van der Waals surface area contributed by atoms with Crippen LogP contribution in [0, 0.1) is 17.5 Å². The van der Waals surface area contributed by atoms with E-state index in [-0.39, 0.29) is 6.61 Å². The topological polar surface area (TPSA) is 46.5 Å². The van der Waals surface area contributed by atoms with Gasteiger partial charge in [-0.2, -0.15) is 4.39 Å². The summed E-state index contributed by atoms with van der Waals surface area (Å²) < 4.78 is 42.4. The minimum absolute atomic E-state index is 0.0289. The van der Waals surface area contributed by atoms with Gasteiger partial charge in [0.15, 0.2) is 17.4 Å². The molecule has 0 radical (unpaired) electrons. The van der Waals surface area contributed by atoms with Crippen LogP contribution < -0.4 is 0 Å². The summed E-state index contributed by atoms with van der Waals surface area (Å²) in [6.07, 6.45) is 0. The Hall–Kier alpha value is -1.72. The quantitative estimate of drug-likeness (QED) is 0.612. The van der Waals surface area contributed by atoms with Gasteiger partial charge in [0, 0.05) is 0 Å². The van der Waals surface area contributed by atoms with Crippen molar-refractivity contribution < 1.29 is 27.8 Å². The molecule has 0 heterocycles. The van der Waals surface area contributed by atoms with Crippen LogP contribution in [0.2, 0.25) is 0 Å². The highest BCUT2D eigenvalue weighted by Crippen LogP contribution is 2.26. The first kappa shape index (κ1) is 11.4. The first-order valence-electron chi connectivity index (χ1n) is 4.02. The largest absolute Gasteiger partial charge is 0.504 e. The third-order valence-electron chi connectivity index (χ3n) is 1.63. The second kappa shape index (κ2) is 4.20. The fraction of sp³-hybridized carbons (Fsp3) is 0.222. The van der Waals surface area contributed by atoms with Crippen LogP contribution in [0.15, 0.2) is 6.07 Å². The van der Waals surface area contributed by atoms with Crippen molar-refractivity contribution in [2.75, 3.05) is 6.61 Å². The number of hydrogen-bond acceptors (Lipinski definition) is 3. The van der Waals surface area contributed by atoms with Gasteiger partial charge >= 0.3 is 5.97 Å². The molecule has 1 aromatic carbocycles. The van der Waals surface area contributed by atoms with Crippen molar-refractivity contribution in [1.82, 2.24) is 0 Å². The molecule has 0 unspecified atom stereocenters. The number of rotatable bonds is 2. The maximum Gasteiger partial charge on any atom is 0.342 e. The summed E-state index contributed by atoms with van der Waals surface area (Å²) >= 11 is 0. The number of ether oxygens (including phenoxy) is 1. The van der Waals surface area contributed by atoms with Gasteiger partial charge in [-0.1, -0.05) is 0 Å². The van der Waals surface area contributed by atoms with Gasteiger partial charge in [0.25, 0.3) is 0 Å². The van der Waals surface area contributed by atoms with Crippen molar-refractivity contribution in [3.8, 4) is 5.75 Å². The third kappa shape index (κ3) is 2.03. The molecule has 3 nitrogen and oxygen atoms in total. The molecule has 0 aliphatic rings. The molecule has 0 aromatic heterocycles. The van der Waals surface area contributed by atoms with E-state index in [1.165, 1.54) is 6.92 Å². The van der Waals surface area contributed by atoms with Gasteiger partial charge in [0.2, 0.25) is 5.82 Å². The summed E-state index contributed by atoms with van der Waals surface area (Å²) in [4.78, 5) is 11.0. The number of aromatic hydroxyl groups is 1. The molecule has 82 valence electrons. The van der Waals surface area contributed by atoms with Crippen LogP contribution in [0.4, 0.5) is 13.2 Å². The van der Waals surface area contributed by atoms with Crippen LogP contribution in [0.1, 0.15) is 17.3 Å². The molecule has 0 bridgehead atoms. The molecule has 0 atom stereocenters. The average molecular weight is 220 g/mol. The second-order valence-corrected chi connectivity index (χ2v) is 2.60. The Labute approximate surface area is 83.1 Å². The van der Waals surface area contributed by atoms with E-state index in [0.29, 0.717) is 6.07 Å². The molecular weight excluding hydrogens is 213 g/mol.